The Morgan fingerprint density at radius 3 is 2.43 bits per heavy atom. The zero-order valence-electron chi connectivity index (χ0n) is 16.0. The lowest BCUT2D eigenvalue weighted by Crippen LogP contribution is -2.20. The Balaban J connectivity index is 1.33. The molecule has 1 aliphatic carbocycles. The van der Waals surface area contributed by atoms with Crippen LogP contribution in [0, 0.1) is 0 Å². The summed E-state index contributed by atoms with van der Waals surface area (Å²) >= 11 is 1.45. The average molecular weight is 394 g/mol. The number of benzene rings is 2. The Morgan fingerprint density at radius 2 is 1.75 bits per heavy atom. The van der Waals surface area contributed by atoms with E-state index < -0.39 is 0 Å². The van der Waals surface area contributed by atoms with E-state index in [9.17, 15) is 4.79 Å². The summed E-state index contributed by atoms with van der Waals surface area (Å²) in [5.74, 6) is 0.976. The molecule has 0 aliphatic heterocycles. The van der Waals surface area contributed by atoms with Gasteiger partial charge in [-0.3, -0.25) is 10.1 Å². The molecule has 1 saturated carbocycles. The molecule has 0 bridgehead atoms. The number of hydrogen-bond donors (Lipinski definition) is 1. The van der Waals surface area contributed by atoms with Crippen molar-refractivity contribution < 1.29 is 9.53 Å². The van der Waals surface area contributed by atoms with Gasteiger partial charge in [0.15, 0.2) is 6.61 Å². The number of carbonyl (C=O) groups is 1. The smallest absolute Gasteiger partial charge is 0.264 e. The second-order valence-electron chi connectivity index (χ2n) is 7.57. The fraction of sp³-hybridized carbons (Fsp3) is 0.318. The number of nitrogens with one attached hydrogen (secondary N) is 1. The molecule has 2 aromatic carbocycles. The van der Waals surface area contributed by atoms with Crippen LogP contribution in [0.1, 0.15) is 48.7 Å². The van der Waals surface area contributed by atoms with Crippen molar-refractivity contribution in [2.24, 2.45) is 0 Å². The largest absolute Gasteiger partial charge is 0.484 e. The van der Waals surface area contributed by atoms with Gasteiger partial charge in [0.25, 0.3) is 5.91 Å². The maximum absolute atomic E-state index is 12.1. The van der Waals surface area contributed by atoms with Crippen molar-refractivity contribution in [3.63, 3.8) is 0 Å². The number of anilines is 1. The van der Waals surface area contributed by atoms with Gasteiger partial charge in [-0.15, -0.1) is 10.2 Å². The third kappa shape index (κ3) is 4.22. The zero-order valence-corrected chi connectivity index (χ0v) is 16.8. The number of hydrogen-bond acceptors (Lipinski definition) is 5. The van der Waals surface area contributed by atoms with Gasteiger partial charge < -0.3 is 4.74 Å². The van der Waals surface area contributed by atoms with Crippen LogP contribution in [-0.2, 0) is 10.2 Å². The van der Waals surface area contributed by atoms with Crippen LogP contribution in [0.4, 0.5) is 5.13 Å². The highest BCUT2D eigenvalue weighted by Gasteiger charge is 2.27. The van der Waals surface area contributed by atoms with Crippen LogP contribution in [0.3, 0.4) is 0 Å². The second-order valence-corrected chi connectivity index (χ2v) is 8.58. The molecular formula is C22H23N3O2S. The predicted octanol–water partition coefficient (Wildman–Crippen LogP) is 4.76. The normalized spacial score (nSPS) is 13.9. The van der Waals surface area contributed by atoms with E-state index in [-0.39, 0.29) is 17.9 Å². The number of rotatable bonds is 7. The highest BCUT2D eigenvalue weighted by Crippen LogP contribution is 2.42. The van der Waals surface area contributed by atoms with E-state index in [0.717, 1.165) is 5.01 Å². The van der Waals surface area contributed by atoms with Gasteiger partial charge in [-0.1, -0.05) is 67.6 Å². The van der Waals surface area contributed by atoms with Gasteiger partial charge in [0.05, 0.1) is 0 Å². The second kappa shape index (κ2) is 7.72. The van der Waals surface area contributed by atoms with Crippen LogP contribution in [0.25, 0.3) is 0 Å². The van der Waals surface area contributed by atoms with Gasteiger partial charge in [-0.05, 0) is 36.1 Å². The van der Waals surface area contributed by atoms with Crippen LogP contribution in [0.2, 0.25) is 0 Å². The summed E-state index contributed by atoms with van der Waals surface area (Å²) in [7, 11) is 0. The van der Waals surface area contributed by atoms with E-state index in [1.165, 1.54) is 35.3 Å². The van der Waals surface area contributed by atoms with E-state index in [0.29, 0.717) is 16.8 Å². The first-order chi connectivity index (χ1) is 13.5. The van der Waals surface area contributed by atoms with Crippen molar-refractivity contribution >= 4 is 22.4 Å². The molecule has 0 unspecified atom stereocenters. The molecule has 144 valence electrons. The number of carbonyl (C=O) groups excluding carboxylic acids is 1. The van der Waals surface area contributed by atoms with Crippen molar-refractivity contribution in [3.05, 3.63) is 70.7 Å². The monoisotopic (exact) mass is 393 g/mol. The highest BCUT2D eigenvalue weighted by atomic mass is 32.1. The van der Waals surface area contributed by atoms with Crippen LogP contribution in [0.5, 0.6) is 5.75 Å². The molecule has 1 amide bonds. The Hall–Kier alpha value is -2.73. The molecule has 28 heavy (non-hydrogen) atoms. The Bertz CT molecular complexity index is 947. The summed E-state index contributed by atoms with van der Waals surface area (Å²) in [5, 5.41) is 12.4. The summed E-state index contributed by atoms with van der Waals surface area (Å²) in [5.41, 5.74) is 2.34. The Morgan fingerprint density at radius 1 is 1.07 bits per heavy atom. The molecular weight excluding hydrogens is 370 g/mol. The molecule has 1 aromatic heterocycles. The van der Waals surface area contributed by atoms with Crippen molar-refractivity contribution in [2.75, 3.05) is 11.9 Å². The summed E-state index contributed by atoms with van der Waals surface area (Å²) in [4.78, 5) is 12.1. The molecule has 5 nitrogen and oxygen atoms in total. The van der Waals surface area contributed by atoms with Gasteiger partial charge in [0, 0.05) is 11.3 Å². The molecule has 0 saturated heterocycles. The molecule has 6 heteroatoms. The first kappa shape index (κ1) is 18.6. The molecule has 0 atom stereocenters. The van der Waals surface area contributed by atoms with Crippen molar-refractivity contribution in [3.8, 4) is 5.75 Å². The fourth-order valence-electron chi connectivity index (χ4n) is 3.07. The summed E-state index contributed by atoms with van der Waals surface area (Å²) in [6.07, 6.45) is 2.34. The van der Waals surface area contributed by atoms with E-state index in [1.807, 2.05) is 30.3 Å². The minimum atomic E-state index is -0.229. The van der Waals surface area contributed by atoms with Crippen LogP contribution in [0.15, 0.2) is 54.6 Å². The van der Waals surface area contributed by atoms with Gasteiger partial charge in [0.2, 0.25) is 5.13 Å². The number of ether oxygens (including phenoxy) is 1. The third-order valence-electron chi connectivity index (χ3n) is 5.05. The quantitative estimate of drug-likeness (QED) is 0.629. The lowest BCUT2D eigenvalue weighted by atomic mass is 9.78. The van der Waals surface area contributed by atoms with Crippen molar-refractivity contribution in [2.45, 2.75) is 38.0 Å². The third-order valence-corrected chi connectivity index (χ3v) is 6.06. The SMILES string of the molecule is CC(C)(c1ccccc1)c1ccc(OCC(=O)Nc2nnc(C3CC3)s2)cc1. The topological polar surface area (TPSA) is 64.1 Å². The van der Waals surface area contributed by atoms with Gasteiger partial charge in [-0.2, -0.15) is 0 Å². The lowest BCUT2D eigenvalue weighted by molar-refractivity contribution is -0.118. The van der Waals surface area contributed by atoms with Crippen LogP contribution < -0.4 is 10.1 Å². The van der Waals surface area contributed by atoms with Crippen LogP contribution in [-0.4, -0.2) is 22.7 Å². The summed E-state index contributed by atoms with van der Waals surface area (Å²) < 4.78 is 5.62. The maximum Gasteiger partial charge on any atom is 0.264 e. The molecule has 1 N–H and O–H groups in total. The highest BCUT2D eigenvalue weighted by molar-refractivity contribution is 7.15. The first-order valence-electron chi connectivity index (χ1n) is 9.44. The lowest BCUT2D eigenvalue weighted by Gasteiger charge is -2.26. The Labute approximate surface area is 168 Å². The van der Waals surface area contributed by atoms with Gasteiger partial charge in [0.1, 0.15) is 10.8 Å². The fourth-order valence-corrected chi connectivity index (χ4v) is 4.00. The molecule has 1 heterocycles. The average Bonchev–Trinajstić information content (AvgIpc) is 3.47. The summed E-state index contributed by atoms with van der Waals surface area (Å²) in [6.45, 7) is 4.34. The molecule has 0 spiro atoms. The standard InChI is InChI=1S/C22H23N3O2S/c1-22(2,16-6-4-3-5-7-16)17-10-12-18(13-11-17)27-14-19(26)23-21-25-24-20(28-21)15-8-9-15/h3-7,10-13,15H,8-9,14H2,1-2H3,(H,23,25,26). The van der Waals surface area contributed by atoms with Gasteiger partial charge in [-0.25, -0.2) is 0 Å². The molecule has 0 radical (unpaired) electrons. The van der Waals surface area contributed by atoms with E-state index in [4.69, 9.17) is 4.74 Å². The van der Waals surface area contributed by atoms with E-state index in [2.05, 4.69) is 53.6 Å². The molecule has 3 aromatic rings. The first-order valence-corrected chi connectivity index (χ1v) is 10.3. The molecule has 1 fully saturated rings. The van der Waals surface area contributed by atoms with Gasteiger partial charge >= 0.3 is 0 Å². The molecule has 1 aliphatic rings. The number of amides is 1. The van der Waals surface area contributed by atoms with E-state index in [1.54, 1.807) is 0 Å². The summed E-state index contributed by atoms with van der Waals surface area (Å²) in [6, 6.07) is 18.3. The molecule has 4 rings (SSSR count). The Kier molecular flexibility index (Phi) is 5.13. The van der Waals surface area contributed by atoms with Crippen molar-refractivity contribution in [1.29, 1.82) is 0 Å². The van der Waals surface area contributed by atoms with Crippen LogP contribution >= 0.6 is 11.3 Å². The van der Waals surface area contributed by atoms with E-state index >= 15 is 0 Å². The van der Waals surface area contributed by atoms with Crippen molar-refractivity contribution in [1.82, 2.24) is 10.2 Å². The number of aromatic nitrogens is 2. The predicted molar refractivity (Wildman–Crippen MR) is 111 cm³/mol. The minimum absolute atomic E-state index is 0.0558. The maximum atomic E-state index is 12.1. The number of nitrogens with zero attached hydrogens (tertiary/aromatic N) is 2. The minimum Gasteiger partial charge on any atom is -0.484 e. The zero-order chi connectivity index (χ0) is 19.6.